The van der Waals surface area contributed by atoms with Crippen molar-refractivity contribution >= 4 is 0 Å². The maximum atomic E-state index is 12.6. The van der Waals surface area contributed by atoms with E-state index in [-0.39, 0.29) is 12.1 Å². The van der Waals surface area contributed by atoms with Gasteiger partial charge in [-0.1, -0.05) is 18.2 Å². The second kappa shape index (κ2) is 6.26. The van der Waals surface area contributed by atoms with Crippen LogP contribution < -0.4 is 5.32 Å². The van der Waals surface area contributed by atoms with Crippen molar-refractivity contribution in [3.63, 3.8) is 0 Å². The quantitative estimate of drug-likeness (QED) is 0.805. The predicted molar refractivity (Wildman–Crippen MR) is 58.0 cm³/mol. The van der Waals surface area contributed by atoms with Crippen molar-refractivity contribution in [3.8, 4) is 6.07 Å². The van der Waals surface area contributed by atoms with Crippen LogP contribution in [0, 0.1) is 11.3 Å². The molecule has 1 aromatic carbocycles. The van der Waals surface area contributed by atoms with E-state index in [1.54, 1.807) is 6.07 Å². The molecule has 1 rings (SSSR count). The Morgan fingerprint density at radius 3 is 2.59 bits per heavy atom. The smallest absolute Gasteiger partial charge is 0.313 e. The fourth-order valence-corrected chi connectivity index (χ4v) is 1.47. The second-order valence-corrected chi connectivity index (χ2v) is 3.59. The molecule has 0 spiro atoms. The molecule has 0 aliphatic rings. The highest BCUT2D eigenvalue weighted by molar-refractivity contribution is 5.29. The number of hydrogen-bond acceptors (Lipinski definition) is 2. The Morgan fingerprint density at radius 1 is 1.24 bits per heavy atom. The summed E-state index contributed by atoms with van der Waals surface area (Å²) in [5, 5.41) is 11.2. The first kappa shape index (κ1) is 13.5. The zero-order chi connectivity index (χ0) is 12.7. The molecule has 0 fully saturated rings. The number of nitriles is 1. The minimum absolute atomic E-state index is 0.168. The van der Waals surface area contributed by atoms with Gasteiger partial charge >= 0.3 is 6.18 Å². The normalized spacial score (nSPS) is 11.2. The maximum Gasteiger partial charge on any atom is 0.416 e. The minimum Gasteiger partial charge on any atom is -0.313 e. The van der Waals surface area contributed by atoms with Crippen molar-refractivity contribution in [3.05, 3.63) is 35.4 Å². The van der Waals surface area contributed by atoms with Crippen LogP contribution in [0.25, 0.3) is 0 Å². The van der Waals surface area contributed by atoms with Crippen molar-refractivity contribution in [1.82, 2.24) is 5.32 Å². The van der Waals surface area contributed by atoms with Gasteiger partial charge in [-0.3, -0.25) is 0 Å². The molecule has 0 saturated carbocycles. The summed E-state index contributed by atoms with van der Waals surface area (Å²) in [6, 6.07) is 7.48. The Balaban J connectivity index is 2.56. The number of alkyl halides is 3. The molecule has 92 valence electrons. The fourth-order valence-electron chi connectivity index (χ4n) is 1.47. The Labute approximate surface area is 98.1 Å². The van der Waals surface area contributed by atoms with Crippen LogP contribution in [-0.2, 0) is 12.7 Å². The van der Waals surface area contributed by atoms with Gasteiger partial charge in [-0.25, -0.2) is 0 Å². The second-order valence-electron chi connectivity index (χ2n) is 3.59. The number of rotatable bonds is 5. The van der Waals surface area contributed by atoms with E-state index in [1.165, 1.54) is 12.1 Å². The summed E-state index contributed by atoms with van der Waals surface area (Å²) in [4.78, 5) is 0. The van der Waals surface area contributed by atoms with Gasteiger partial charge in [0.1, 0.15) is 0 Å². The standard InChI is InChI=1S/C12H13F3N2/c13-12(14,15)11-6-2-1-5-10(11)9-17-8-4-3-7-16/h1-2,5-6,17H,3-4,8-9H2. The average molecular weight is 242 g/mol. The lowest BCUT2D eigenvalue weighted by Gasteiger charge is -2.12. The van der Waals surface area contributed by atoms with Gasteiger partial charge in [-0.2, -0.15) is 18.4 Å². The van der Waals surface area contributed by atoms with Crippen LogP contribution in [0.2, 0.25) is 0 Å². The molecule has 0 saturated heterocycles. The van der Waals surface area contributed by atoms with Crippen LogP contribution in [0.4, 0.5) is 13.2 Å². The summed E-state index contributed by atoms with van der Waals surface area (Å²) < 4.78 is 37.8. The highest BCUT2D eigenvalue weighted by atomic mass is 19.4. The summed E-state index contributed by atoms with van der Waals surface area (Å²) >= 11 is 0. The summed E-state index contributed by atoms with van der Waals surface area (Å²) in [5.41, 5.74) is -0.371. The van der Waals surface area contributed by atoms with Crippen LogP contribution in [0.15, 0.2) is 24.3 Å². The Bertz CT molecular complexity index is 393. The van der Waals surface area contributed by atoms with E-state index in [2.05, 4.69) is 5.32 Å². The van der Waals surface area contributed by atoms with Gasteiger partial charge in [0, 0.05) is 13.0 Å². The van der Waals surface area contributed by atoms with Gasteiger partial charge in [0.25, 0.3) is 0 Å². The number of benzene rings is 1. The Kier molecular flexibility index (Phi) is 4.98. The molecule has 5 heteroatoms. The summed E-state index contributed by atoms with van der Waals surface area (Å²) in [6.07, 6.45) is -3.26. The Hall–Kier alpha value is -1.54. The molecule has 2 nitrogen and oxygen atoms in total. The number of nitrogens with zero attached hydrogens (tertiary/aromatic N) is 1. The van der Waals surface area contributed by atoms with Crippen molar-refractivity contribution < 1.29 is 13.2 Å². The third kappa shape index (κ3) is 4.45. The lowest BCUT2D eigenvalue weighted by Crippen LogP contribution is -2.18. The zero-order valence-corrected chi connectivity index (χ0v) is 9.22. The molecule has 1 aromatic rings. The van der Waals surface area contributed by atoms with E-state index in [0.29, 0.717) is 19.4 Å². The predicted octanol–water partition coefficient (Wildman–Crippen LogP) is 3.10. The molecule has 0 aliphatic heterocycles. The van der Waals surface area contributed by atoms with Crippen molar-refractivity contribution in [1.29, 1.82) is 5.26 Å². The van der Waals surface area contributed by atoms with Crippen LogP contribution in [0.5, 0.6) is 0 Å². The minimum atomic E-state index is -4.31. The SMILES string of the molecule is N#CCCCNCc1ccccc1C(F)(F)F. The molecule has 0 bridgehead atoms. The number of hydrogen-bond donors (Lipinski definition) is 1. The first-order valence-corrected chi connectivity index (χ1v) is 5.28. The average Bonchev–Trinajstić information content (AvgIpc) is 2.28. The highest BCUT2D eigenvalue weighted by Crippen LogP contribution is 2.31. The van der Waals surface area contributed by atoms with Crippen molar-refractivity contribution in [2.45, 2.75) is 25.6 Å². The van der Waals surface area contributed by atoms with E-state index < -0.39 is 11.7 Å². The van der Waals surface area contributed by atoms with Gasteiger partial charge in [0.05, 0.1) is 11.6 Å². The highest BCUT2D eigenvalue weighted by Gasteiger charge is 2.32. The third-order valence-corrected chi connectivity index (χ3v) is 2.28. The van der Waals surface area contributed by atoms with Gasteiger partial charge in [0.15, 0.2) is 0 Å². The van der Waals surface area contributed by atoms with Crippen LogP contribution in [0.1, 0.15) is 24.0 Å². The number of halogens is 3. The van der Waals surface area contributed by atoms with Crippen molar-refractivity contribution in [2.24, 2.45) is 0 Å². The first-order chi connectivity index (χ1) is 8.05. The lowest BCUT2D eigenvalue weighted by molar-refractivity contribution is -0.138. The van der Waals surface area contributed by atoms with Crippen LogP contribution in [0.3, 0.4) is 0 Å². The number of unbranched alkanes of at least 4 members (excludes halogenated alkanes) is 1. The molecule has 0 radical (unpaired) electrons. The van der Waals surface area contributed by atoms with E-state index in [4.69, 9.17) is 5.26 Å². The van der Waals surface area contributed by atoms with Gasteiger partial charge in [-0.15, -0.1) is 0 Å². The number of nitrogens with one attached hydrogen (secondary N) is 1. The molecule has 0 aromatic heterocycles. The largest absolute Gasteiger partial charge is 0.416 e. The zero-order valence-electron chi connectivity index (χ0n) is 9.22. The fraction of sp³-hybridized carbons (Fsp3) is 0.417. The third-order valence-electron chi connectivity index (χ3n) is 2.28. The van der Waals surface area contributed by atoms with Crippen LogP contribution >= 0.6 is 0 Å². The maximum absolute atomic E-state index is 12.6. The van der Waals surface area contributed by atoms with Crippen molar-refractivity contribution in [2.75, 3.05) is 6.54 Å². The first-order valence-electron chi connectivity index (χ1n) is 5.28. The molecular formula is C12H13F3N2. The lowest BCUT2D eigenvalue weighted by atomic mass is 10.1. The van der Waals surface area contributed by atoms with Gasteiger partial charge in [0.2, 0.25) is 0 Å². The molecule has 0 atom stereocenters. The van der Waals surface area contributed by atoms with E-state index in [1.807, 2.05) is 6.07 Å². The van der Waals surface area contributed by atoms with E-state index >= 15 is 0 Å². The summed E-state index contributed by atoms with van der Waals surface area (Å²) in [7, 11) is 0. The monoisotopic (exact) mass is 242 g/mol. The van der Waals surface area contributed by atoms with Crippen LogP contribution in [-0.4, -0.2) is 6.54 Å². The Morgan fingerprint density at radius 2 is 1.94 bits per heavy atom. The summed E-state index contributed by atoms with van der Waals surface area (Å²) in [5.74, 6) is 0. The molecule has 0 unspecified atom stereocenters. The van der Waals surface area contributed by atoms with E-state index in [9.17, 15) is 13.2 Å². The molecule has 0 amide bonds. The molecule has 1 N–H and O–H groups in total. The summed E-state index contributed by atoms with van der Waals surface area (Å²) in [6.45, 7) is 0.709. The van der Waals surface area contributed by atoms with Gasteiger partial charge in [-0.05, 0) is 24.6 Å². The molecule has 17 heavy (non-hydrogen) atoms. The molecule has 0 aliphatic carbocycles. The van der Waals surface area contributed by atoms with E-state index in [0.717, 1.165) is 6.07 Å². The molecular weight excluding hydrogens is 229 g/mol. The van der Waals surface area contributed by atoms with Gasteiger partial charge < -0.3 is 5.32 Å². The topological polar surface area (TPSA) is 35.8 Å². The molecule has 0 heterocycles.